The molecule has 0 unspecified atom stereocenters. The van der Waals surface area contributed by atoms with Gasteiger partial charge in [-0.3, -0.25) is 0 Å². The molecule has 28 rings (SSSR count). The fourth-order valence-electron chi connectivity index (χ4n) is 23.5. The number of benzene rings is 22. The first kappa shape index (κ1) is 82.0. The Hall–Kier alpha value is -17.5. The molecule has 140 heavy (non-hydrogen) atoms. The van der Waals surface area contributed by atoms with Gasteiger partial charge in [-0.05, 0) is 256 Å². The summed E-state index contributed by atoms with van der Waals surface area (Å²) in [5, 5.41) is 5.24. The highest BCUT2D eigenvalue weighted by atomic mass is 32.1. The maximum atomic E-state index is 2.51. The minimum absolute atomic E-state index is 0.597. The normalized spacial score (nSPS) is 12.9. The Bertz CT molecular complexity index is 8860. The molecule has 0 atom stereocenters. The lowest BCUT2D eigenvalue weighted by atomic mass is 9.64. The topological polar surface area (TPSA) is 13.0 Å². The van der Waals surface area contributed by atoms with Crippen molar-refractivity contribution in [2.24, 2.45) is 0 Å². The van der Waals surface area contributed by atoms with Crippen LogP contribution >= 0.6 is 22.7 Å². The summed E-state index contributed by atoms with van der Waals surface area (Å²) in [6.07, 6.45) is 0. The van der Waals surface area contributed by atoms with E-state index in [1.54, 1.807) is 0 Å². The van der Waals surface area contributed by atoms with Gasteiger partial charge in [0.1, 0.15) is 0 Å². The minimum atomic E-state index is -0.599. The molecule has 22 aromatic carbocycles. The molecule has 0 saturated carbocycles. The van der Waals surface area contributed by atoms with E-state index in [4.69, 9.17) is 0 Å². The Labute approximate surface area is 822 Å². The molecule has 2 spiro atoms. The van der Waals surface area contributed by atoms with Gasteiger partial charge in [0.2, 0.25) is 0 Å². The van der Waals surface area contributed by atoms with E-state index in [1.165, 1.54) is 185 Å². The third-order valence-corrected chi connectivity index (χ3v) is 31.7. The number of rotatable bonds is 14. The van der Waals surface area contributed by atoms with E-state index in [0.717, 1.165) is 56.6 Å². The molecule has 24 aromatic rings. The number of nitrogens with zero attached hydrogens (tertiary/aromatic N) is 4. The Morgan fingerprint density at radius 2 is 0.471 bits per heavy atom. The highest BCUT2D eigenvalue weighted by Crippen LogP contribution is 2.67. The molecule has 2 aliphatic carbocycles. The zero-order chi connectivity index (χ0) is 92.4. The zero-order valence-corrected chi connectivity index (χ0v) is 78.0. The van der Waals surface area contributed by atoms with Gasteiger partial charge < -0.3 is 19.6 Å². The van der Waals surface area contributed by atoms with Gasteiger partial charge in [-0.1, -0.05) is 400 Å². The van der Waals surface area contributed by atoms with Gasteiger partial charge in [0, 0.05) is 85.6 Å². The van der Waals surface area contributed by atoms with Crippen molar-refractivity contribution < 1.29 is 0 Å². The average Bonchev–Trinajstić information content (AvgIpc) is 1.50. The highest BCUT2D eigenvalue weighted by Gasteiger charge is 2.54. The molecule has 0 fully saturated rings. The Morgan fingerprint density at radius 3 is 0.929 bits per heavy atom. The van der Waals surface area contributed by atoms with Crippen molar-refractivity contribution in [1.29, 1.82) is 0 Å². The van der Waals surface area contributed by atoms with E-state index >= 15 is 0 Å². The third-order valence-electron chi connectivity index (χ3n) is 29.4. The molecule has 0 N–H and O–H groups in total. The minimum Gasteiger partial charge on any atom is -0.310 e. The molecule has 4 heterocycles. The second kappa shape index (κ2) is 33.8. The molecular weight excluding hydrogens is 1730 g/mol. The van der Waals surface area contributed by atoms with Crippen LogP contribution in [0.2, 0.25) is 0 Å². The monoisotopic (exact) mass is 1820 g/mol. The number of hydrogen-bond acceptors (Lipinski definition) is 6. The van der Waals surface area contributed by atoms with E-state index in [9.17, 15) is 0 Å². The van der Waals surface area contributed by atoms with Gasteiger partial charge in [0.15, 0.2) is 0 Å². The second-order valence-electron chi connectivity index (χ2n) is 36.7. The number of para-hydroxylation sites is 8. The third kappa shape index (κ3) is 13.0. The molecule has 0 saturated heterocycles. The standard InChI is InChI=1S/2C67H44N2S/c1-3-20-45(21-4-1)50-24-7-8-25-52(50)55-27-10-15-34-62(55)68(48-40-38-46(39-41-48)51-29-19-30-57-56-28-11-18-37-65(56)70-66(51)57)49-42-43-54-53-26-9-12-31-58(53)67(61(54)44-49)59-32-13-16-35-63(59)69(47-22-5-2-6-23-47)64-36-17-14-33-60(64)67;1-3-19-46(20-4-1)51-23-7-8-24-52(51)55-26-10-15-31-62(55)68(49-38-35-45(36-39-49)47-37-42-66-57(43-47)56-27-11-18-34-65(56)70-66)50-40-41-54-53-25-9-12-28-58(53)67(61(54)44-50)59-29-13-16-32-63(59)69(48-21-5-2-6-22-48)64-33-17-14-30-60(64)67/h2*1-44H. The summed E-state index contributed by atoms with van der Waals surface area (Å²) >= 11 is 3.74. The summed E-state index contributed by atoms with van der Waals surface area (Å²) in [6.45, 7) is 0. The van der Waals surface area contributed by atoms with Crippen LogP contribution in [-0.2, 0) is 10.8 Å². The van der Waals surface area contributed by atoms with Crippen molar-refractivity contribution in [1.82, 2.24) is 0 Å². The number of hydrogen-bond donors (Lipinski definition) is 0. The van der Waals surface area contributed by atoms with Gasteiger partial charge in [-0.25, -0.2) is 0 Å². The summed E-state index contributed by atoms with van der Waals surface area (Å²) in [5.41, 5.74) is 42.0. The van der Waals surface area contributed by atoms with Gasteiger partial charge in [0.05, 0.1) is 45.0 Å². The molecule has 656 valence electrons. The Morgan fingerprint density at radius 1 is 0.164 bits per heavy atom. The molecule has 4 nitrogen and oxygen atoms in total. The van der Waals surface area contributed by atoms with Crippen molar-refractivity contribution in [3.63, 3.8) is 0 Å². The zero-order valence-electron chi connectivity index (χ0n) is 76.4. The maximum absolute atomic E-state index is 2.51. The van der Waals surface area contributed by atoms with E-state index < -0.39 is 10.8 Å². The first-order valence-corrected chi connectivity index (χ1v) is 49.8. The summed E-state index contributed by atoms with van der Waals surface area (Å²) in [6, 6.07) is 197. The van der Waals surface area contributed by atoms with Crippen LogP contribution < -0.4 is 19.6 Å². The van der Waals surface area contributed by atoms with E-state index in [0.29, 0.717) is 0 Å². The highest BCUT2D eigenvalue weighted by molar-refractivity contribution is 7.26. The Balaban J connectivity index is 0.000000141. The molecule has 0 radical (unpaired) electrons. The molecule has 0 amide bonds. The van der Waals surface area contributed by atoms with Crippen LogP contribution in [0.1, 0.15) is 44.5 Å². The van der Waals surface area contributed by atoms with Crippen LogP contribution in [0.4, 0.5) is 68.2 Å². The van der Waals surface area contributed by atoms with Crippen molar-refractivity contribution in [2.45, 2.75) is 10.8 Å². The van der Waals surface area contributed by atoms with Crippen LogP contribution in [0.5, 0.6) is 0 Å². The average molecular weight is 1820 g/mol. The van der Waals surface area contributed by atoms with Crippen molar-refractivity contribution >= 4 is 131 Å². The lowest BCUT2D eigenvalue weighted by molar-refractivity contribution is 0.752. The van der Waals surface area contributed by atoms with Crippen LogP contribution in [0.3, 0.4) is 0 Å². The van der Waals surface area contributed by atoms with Crippen molar-refractivity contribution in [3.05, 3.63) is 578 Å². The predicted octanol–water partition coefficient (Wildman–Crippen LogP) is 37.3. The lowest BCUT2D eigenvalue weighted by Gasteiger charge is -2.45. The summed E-state index contributed by atoms with van der Waals surface area (Å²) in [5.74, 6) is 0. The van der Waals surface area contributed by atoms with Gasteiger partial charge in [0.25, 0.3) is 0 Å². The Kier molecular flexibility index (Phi) is 19.8. The fraction of sp³-hybridized carbons (Fsp3) is 0.0149. The van der Waals surface area contributed by atoms with Crippen LogP contribution in [0, 0.1) is 0 Å². The second-order valence-corrected chi connectivity index (χ2v) is 38.8. The number of fused-ring (bicyclic) bond motifs is 24. The van der Waals surface area contributed by atoms with Crippen LogP contribution in [0.15, 0.2) is 534 Å². The summed E-state index contributed by atoms with van der Waals surface area (Å²) in [4.78, 5) is 9.89. The maximum Gasteiger partial charge on any atom is 0.0755 e. The molecular formula is C134H88N4S2. The molecule has 4 aliphatic rings. The van der Waals surface area contributed by atoms with E-state index in [1.807, 2.05) is 22.7 Å². The lowest BCUT2D eigenvalue weighted by Crippen LogP contribution is -2.36. The largest absolute Gasteiger partial charge is 0.310 e. The smallest absolute Gasteiger partial charge is 0.0755 e. The fourth-order valence-corrected chi connectivity index (χ4v) is 25.8. The van der Waals surface area contributed by atoms with Crippen molar-refractivity contribution in [2.75, 3.05) is 19.6 Å². The number of anilines is 12. The quantitative estimate of drug-likeness (QED) is 0.108. The van der Waals surface area contributed by atoms with Gasteiger partial charge in [-0.2, -0.15) is 0 Å². The molecule has 2 aliphatic heterocycles. The molecule has 6 heteroatoms. The first-order valence-electron chi connectivity index (χ1n) is 48.2. The van der Waals surface area contributed by atoms with Crippen molar-refractivity contribution in [3.8, 4) is 89.0 Å². The predicted molar refractivity (Wildman–Crippen MR) is 592 cm³/mol. The summed E-state index contributed by atoms with van der Waals surface area (Å²) in [7, 11) is 0. The number of thiophene rings is 2. The van der Waals surface area contributed by atoms with E-state index in [-0.39, 0.29) is 0 Å². The SMILES string of the molecule is c1ccc(-c2ccccc2-c2ccccc2N(c2ccc(-c3ccc4sc5ccccc5c4c3)cc2)c2ccc3c(c2)C2(c4ccccc4-3)c3ccccc3N(c3ccccc3)c3ccccc32)cc1.c1ccc(-c2ccccc2-c2ccccc2N(c2ccc(-c3cccc4c3sc3ccccc34)cc2)c2ccc3c(c2)C2(c4ccccc4-3)c3ccccc3N(c3ccccc3)c3ccccc32)cc1. The van der Waals surface area contributed by atoms with E-state index in [2.05, 4.69) is 553 Å². The van der Waals surface area contributed by atoms with Gasteiger partial charge in [-0.15, -0.1) is 22.7 Å². The van der Waals surface area contributed by atoms with Crippen LogP contribution in [0.25, 0.3) is 129 Å². The summed E-state index contributed by atoms with van der Waals surface area (Å²) < 4.78 is 5.26. The molecule has 0 bridgehead atoms. The van der Waals surface area contributed by atoms with Crippen LogP contribution in [-0.4, -0.2) is 0 Å². The van der Waals surface area contributed by atoms with Gasteiger partial charge >= 0.3 is 0 Å². The first-order chi connectivity index (χ1) is 69.5. The molecule has 2 aromatic heterocycles.